The number of ether oxygens (including phenoxy) is 3. The zero-order valence-corrected chi connectivity index (χ0v) is 22.3. The van der Waals surface area contributed by atoms with Crippen LogP contribution in [0.25, 0.3) is 11.1 Å². The number of carbonyl (C=O) groups is 3. The van der Waals surface area contributed by atoms with Crippen LogP contribution in [-0.2, 0) is 14.2 Å². The van der Waals surface area contributed by atoms with Gasteiger partial charge in [0.15, 0.2) is 0 Å². The molecule has 0 aromatic heterocycles. The first-order valence-corrected chi connectivity index (χ1v) is 11.7. The van der Waals surface area contributed by atoms with E-state index in [9.17, 15) is 14.4 Å². The first-order chi connectivity index (χ1) is 17.8. The first kappa shape index (κ1) is 30.1. The van der Waals surface area contributed by atoms with Crippen molar-refractivity contribution in [2.45, 2.75) is 33.3 Å². The largest absolute Gasteiger partial charge is 0.488 e. The van der Waals surface area contributed by atoms with Gasteiger partial charge in [-0.2, -0.15) is 0 Å². The average Bonchev–Trinajstić information content (AvgIpc) is 2.88. The zero-order valence-electron chi connectivity index (χ0n) is 22.3. The number of hydrogen-bond acceptors (Lipinski definition) is 8. The van der Waals surface area contributed by atoms with E-state index < -0.39 is 24.8 Å². The van der Waals surface area contributed by atoms with Crippen LogP contribution in [0.4, 0.5) is 10.5 Å². The molecule has 9 nitrogen and oxygen atoms in total. The van der Waals surface area contributed by atoms with Crippen molar-refractivity contribution in [3.63, 3.8) is 0 Å². The Labute approximate surface area is 222 Å². The van der Waals surface area contributed by atoms with Crippen LogP contribution in [0.5, 0.6) is 0 Å². The second kappa shape index (κ2) is 13.4. The zero-order chi connectivity index (χ0) is 28.5. The van der Waals surface area contributed by atoms with E-state index in [1.807, 2.05) is 58.0 Å². The Morgan fingerprint density at radius 3 is 1.74 bits per heavy atom. The van der Waals surface area contributed by atoms with Crippen LogP contribution in [0.1, 0.15) is 47.1 Å². The molecule has 38 heavy (non-hydrogen) atoms. The number of methoxy groups -OCH3 is 2. The van der Waals surface area contributed by atoms with E-state index in [1.54, 1.807) is 12.1 Å². The van der Waals surface area contributed by atoms with Gasteiger partial charge in [-0.3, -0.25) is 5.32 Å². The molecule has 0 spiro atoms. The lowest BCUT2D eigenvalue weighted by molar-refractivity contribution is 0.0592. The second-order valence-electron chi connectivity index (χ2n) is 9.21. The third-order valence-corrected chi connectivity index (χ3v) is 5.13. The summed E-state index contributed by atoms with van der Waals surface area (Å²) in [6, 6.07) is 18.6. The lowest BCUT2D eigenvalue weighted by Crippen LogP contribution is -2.29. The smallest absolute Gasteiger partial charge is 0.465 e. The minimum Gasteiger partial charge on any atom is -0.465 e. The van der Waals surface area contributed by atoms with Gasteiger partial charge >= 0.3 is 25.2 Å². The lowest BCUT2D eigenvalue weighted by Gasteiger charge is -2.20. The molecule has 0 bridgehead atoms. The summed E-state index contributed by atoms with van der Waals surface area (Å²) in [6.45, 7) is 7.43. The van der Waals surface area contributed by atoms with Crippen LogP contribution in [0.15, 0.2) is 66.7 Å². The van der Waals surface area contributed by atoms with Crippen molar-refractivity contribution in [3.05, 3.63) is 83.4 Å². The monoisotopic (exact) mass is 521 g/mol. The van der Waals surface area contributed by atoms with E-state index in [2.05, 4.69) is 10.1 Å². The minimum atomic E-state index is -1.51. The number of benzene rings is 3. The molecule has 3 aromatic carbocycles. The van der Waals surface area contributed by atoms with E-state index in [-0.39, 0.29) is 5.97 Å². The molecule has 0 fully saturated rings. The van der Waals surface area contributed by atoms with Crippen molar-refractivity contribution in [2.24, 2.45) is 0 Å². The molecule has 3 N–H and O–H groups in total. The van der Waals surface area contributed by atoms with Crippen LogP contribution < -0.4 is 10.8 Å². The van der Waals surface area contributed by atoms with Gasteiger partial charge in [0, 0.05) is 5.69 Å². The number of esters is 2. The van der Waals surface area contributed by atoms with Gasteiger partial charge in [-0.15, -0.1) is 0 Å². The third kappa shape index (κ3) is 9.06. The molecule has 0 saturated carbocycles. The Hall–Kier alpha value is -4.15. The quantitative estimate of drug-likeness (QED) is 0.261. The Morgan fingerprint density at radius 2 is 1.29 bits per heavy atom. The van der Waals surface area contributed by atoms with E-state index in [4.69, 9.17) is 19.5 Å². The van der Waals surface area contributed by atoms with Crippen molar-refractivity contribution in [3.8, 4) is 11.1 Å². The number of hydrogen-bond donors (Lipinski definition) is 3. The molecule has 0 unspecified atom stereocenters. The van der Waals surface area contributed by atoms with Gasteiger partial charge in [0.2, 0.25) is 0 Å². The third-order valence-electron chi connectivity index (χ3n) is 5.13. The molecule has 0 aliphatic heterocycles. The Morgan fingerprint density at radius 1 is 0.789 bits per heavy atom. The summed E-state index contributed by atoms with van der Waals surface area (Å²) in [5, 5.41) is 20.2. The first-order valence-electron chi connectivity index (χ1n) is 11.7. The van der Waals surface area contributed by atoms with E-state index in [0.29, 0.717) is 22.3 Å². The summed E-state index contributed by atoms with van der Waals surface area (Å²) in [7, 11) is 1.13. The molecule has 200 valence electrons. The molecule has 0 radical (unpaired) electrons. The van der Waals surface area contributed by atoms with E-state index >= 15 is 0 Å². The van der Waals surface area contributed by atoms with Crippen LogP contribution in [-0.4, -0.2) is 55.0 Å². The molecular weight excluding hydrogens is 489 g/mol. The van der Waals surface area contributed by atoms with Crippen molar-refractivity contribution < 1.29 is 38.6 Å². The molecule has 0 heterocycles. The van der Waals surface area contributed by atoms with Crippen molar-refractivity contribution in [1.82, 2.24) is 0 Å². The molecule has 0 aliphatic carbocycles. The summed E-state index contributed by atoms with van der Waals surface area (Å²) in [4.78, 5) is 34.4. The highest BCUT2D eigenvalue weighted by Crippen LogP contribution is 2.27. The van der Waals surface area contributed by atoms with Gasteiger partial charge in [-0.05, 0) is 86.2 Å². The fraction of sp³-hybridized carbons (Fsp3) is 0.250. The maximum absolute atomic E-state index is 11.9. The number of anilines is 1. The second-order valence-corrected chi connectivity index (χ2v) is 9.21. The summed E-state index contributed by atoms with van der Waals surface area (Å²) in [6.07, 6.45) is -0.497. The van der Waals surface area contributed by atoms with Gasteiger partial charge in [0.05, 0.1) is 25.3 Å². The molecule has 3 aromatic rings. The topological polar surface area (TPSA) is 131 Å². The molecule has 10 heteroatoms. The van der Waals surface area contributed by atoms with Crippen molar-refractivity contribution in [1.29, 1.82) is 0 Å². The van der Waals surface area contributed by atoms with Crippen LogP contribution in [0, 0.1) is 6.92 Å². The standard InChI is InChI=1S/C20H23NO4.C8H9BO4/c1-13-6-11-16(21-19(23)25-20(2,3)4)12-17(13)14-7-9-15(10-8-14)18(22)24-5;1-13-8(10)6-2-4-7(5-3-6)9(11)12/h6-12H,1-5H3,(H,21,23);2-5,11-12H,1H3. The van der Waals surface area contributed by atoms with Crippen LogP contribution in [0.3, 0.4) is 0 Å². The van der Waals surface area contributed by atoms with Gasteiger partial charge in [0.1, 0.15) is 5.60 Å². The average molecular weight is 521 g/mol. The van der Waals surface area contributed by atoms with Crippen LogP contribution in [0.2, 0.25) is 0 Å². The van der Waals surface area contributed by atoms with Gasteiger partial charge < -0.3 is 24.3 Å². The Kier molecular flexibility index (Phi) is 10.6. The summed E-state index contributed by atoms with van der Waals surface area (Å²) in [5.74, 6) is -0.817. The van der Waals surface area contributed by atoms with Crippen LogP contribution >= 0.6 is 0 Å². The fourth-order valence-electron chi connectivity index (χ4n) is 3.25. The van der Waals surface area contributed by atoms with E-state index in [0.717, 1.165) is 16.7 Å². The molecule has 0 aliphatic rings. The highest BCUT2D eigenvalue weighted by molar-refractivity contribution is 6.58. The number of rotatable bonds is 5. The predicted octanol–water partition coefficient (Wildman–Crippen LogP) is 3.95. The Bertz CT molecular complexity index is 1250. The van der Waals surface area contributed by atoms with Crippen molar-refractivity contribution >= 4 is 36.3 Å². The SMILES string of the molecule is COC(=O)c1ccc(-c2cc(NC(=O)OC(C)(C)C)ccc2C)cc1.COC(=O)c1ccc(B(O)O)cc1. The maximum Gasteiger partial charge on any atom is 0.488 e. The fourth-order valence-corrected chi connectivity index (χ4v) is 3.25. The minimum absolute atomic E-state index is 0.340. The predicted molar refractivity (Wildman–Crippen MR) is 145 cm³/mol. The van der Waals surface area contributed by atoms with Crippen molar-refractivity contribution in [2.75, 3.05) is 19.5 Å². The van der Waals surface area contributed by atoms with Gasteiger partial charge in [0.25, 0.3) is 0 Å². The highest BCUT2D eigenvalue weighted by atomic mass is 16.6. The maximum atomic E-state index is 11.9. The van der Waals surface area contributed by atoms with Gasteiger partial charge in [-0.25, -0.2) is 14.4 Å². The van der Waals surface area contributed by atoms with Gasteiger partial charge in [-0.1, -0.05) is 30.3 Å². The number of nitrogens with one attached hydrogen (secondary N) is 1. The molecule has 1 amide bonds. The molecule has 0 saturated heterocycles. The number of carbonyl (C=O) groups excluding carboxylic acids is 3. The number of aryl methyl sites for hydroxylation is 1. The summed E-state index contributed by atoms with van der Waals surface area (Å²) in [5.41, 5.74) is 4.27. The molecule has 0 atom stereocenters. The Balaban J connectivity index is 0.000000328. The molecular formula is C28H32BNO8. The normalized spacial score (nSPS) is 10.4. The summed E-state index contributed by atoms with van der Waals surface area (Å²) < 4.78 is 14.5. The summed E-state index contributed by atoms with van der Waals surface area (Å²) >= 11 is 0. The highest BCUT2D eigenvalue weighted by Gasteiger charge is 2.17. The lowest BCUT2D eigenvalue weighted by atomic mass is 9.80. The van der Waals surface area contributed by atoms with E-state index in [1.165, 1.54) is 38.5 Å². The molecule has 3 rings (SSSR count). The number of amides is 1.